The lowest BCUT2D eigenvalue weighted by Crippen LogP contribution is -2.21. The van der Waals surface area contributed by atoms with E-state index in [4.69, 9.17) is 14.2 Å². The zero-order chi connectivity index (χ0) is 15.3. The molecule has 22 heavy (non-hydrogen) atoms. The van der Waals surface area contributed by atoms with Gasteiger partial charge in [0.15, 0.2) is 17.3 Å². The normalized spacial score (nSPS) is 18.8. The number of benzene rings is 2. The van der Waals surface area contributed by atoms with Crippen LogP contribution in [0.15, 0.2) is 30.3 Å². The summed E-state index contributed by atoms with van der Waals surface area (Å²) in [4.78, 5) is 12.5. The van der Waals surface area contributed by atoms with Crippen LogP contribution in [0.25, 0.3) is 0 Å². The molecule has 0 bridgehead atoms. The van der Waals surface area contributed by atoms with Crippen LogP contribution in [0.3, 0.4) is 0 Å². The average Bonchev–Trinajstić information content (AvgIpc) is 2.93. The fourth-order valence-corrected chi connectivity index (χ4v) is 3.14. The molecule has 112 valence electrons. The Labute approximate surface area is 128 Å². The Bertz CT molecular complexity index is 779. The van der Waals surface area contributed by atoms with Gasteiger partial charge in [0.25, 0.3) is 0 Å². The first-order valence-electron chi connectivity index (χ1n) is 7.32. The largest absolute Gasteiger partial charge is 0.484 e. The van der Waals surface area contributed by atoms with Crippen molar-refractivity contribution < 1.29 is 19.0 Å². The lowest BCUT2D eigenvalue weighted by molar-refractivity contribution is 0.0848. The van der Waals surface area contributed by atoms with Gasteiger partial charge in [-0.2, -0.15) is 0 Å². The van der Waals surface area contributed by atoms with E-state index in [0.29, 0.717) is 23.5 Å². The highest BCUT2D eigenvalue weighted by molar-refractivity contribution is 6.01. The smallest absolute Gasteiger partial charge is 0.231 e. The van der Waals surface area contributed by atoms with Crippen molar-refractivity contribution in [2.24, 2.45) is 0 Å². The zero-order valence-electron chi connectivity index (χ0n) is 12.5. The standard InChI is InChI=1S/C18H16O4/c1-10-5-11(2)18-13(19)8-15(22-17(18)6-10)12-3-4-14-16(7-12)21-9-20-14/h3-7,15H,8-9H2,1-2H3. The monoisotopic (exact) mass is 296 g/mol. The van der Waals surface area contributed by atoms with Crippen LogP contribution < -0.4 is 14.2 Å². The van der Waals surface area contributed by atoms with Gasteiger partial charge in [-0.15, -0.1) is 0 Å². The fraction of sp³-hybridized carbons (Fsp3) is 0.278. The minimum Gasteiger partial charge on any atom is -0.484 e. The van der Waals surface area contributed by atoms with Crippen LogP contribution in [0.5, 0.6) is 17.2 Å². The van der Waals surface area contributed by atoms with Crippen LogP contribution in [-0.2, 0) is 0 Å². The van der Waals surface area contributed by atoms with Gasteiger partial charge in [-0.1, -0.05) is 12.1 Å². The lowest BCUT2D eigenvalue weighted by Gasteiger charge is -2.27. The number of Topliss-reactive ketones (excluding diaryl/α,β-unsaturated/α-hetero) is 1. The molecule has 0 N–H and O–H groups in total. The van der Waals surface area contributed by atoms with E-state index in [0.717, 1.165) is 22.4 Å². The Morgan fingerprint density at radius 2 is 1.82 bits per heavy atom. The molecule has 2 aromatic rings. The van der Waals surface area contributed by atoms with Crippen molar-refractivity contribution in [3.8, 4) is 17.2 Å². The highest BCUT2D eigenvalue weighted by Gasteiger charge is 2.30. The van der Waals surface area contributed by atoms with E-state index in [9.17, 15) is 4.79 Å². The molecule has 2 aliphatic rings. The summed E-state index contributed by atoms with van der Waals surface area (Å²) in [5.74, 6) is 2.25. The predicted octanol–water partition coefficient (Wildman–Crippen LogP) is 3.74. The lowest BCUT2D eigenvalue weighted by atomic mass is 9.92. The second-order valence-electron chi connectivity index (χ2n) is 5.80. The molecular weight excluding hydrogens is 280 g/mol. The second kappa shape index (κ2) is 4.77. The Balaban J connectivity index is 1.72. The van der Waals surface area contributed by atoms with E-state index >= 15 is 0 Å². The summed E-state index contributed by atoms with van der Waals surface area (Å²) < 4.78 is 16.8. The highest BCUT2D eigenvalue weighted by atomic mass is 16.7. The van der Waals surface area contributed by atoms with Gasteiger partial charge in [-0.05, 0) is 48.7 Å². The van der Waals surface area contributed by atoms with Crippen LogP contribution in [-0.4, -0.2) is 12.6 Å². The summed E-state index contributed by atoms with van der Waals surface area (Å²) in [5.41, 5.74) is 3.71. The third-order valence-electron chi connectivity index (χ3n) is 4.13. The fourth-order valence-electron chi connectivity index (χ4n) is 3.14. The number of aryl methyl sites for hydroxylation is 2. The molecule has 0 fully saturated rings. The second-order valence-corrected chi connectivity index (χ2v) is 5.80. The molecule has 4 nitrogen and oxygen atoms in total. The SMILES string of the molecule is Cc1cc(C)c2c(c1)OC(c1ccc3c(c1)OCO3)CC2=O. The van der Waals surface area contributed by atoms with Crippen LogP contribution in [0.4, 0.5) is 0 Å². The summed E-state index contributed by atoms with van der Waals surface area (Å²) in [5, 5.41) is 0. The topological polar surface area (TPSA) is 44.8 Å². The number of rotatable bonds is 1. The van der Waals surface area contributed by atoms with E-state index in [1.54, 1.807) is 0 Å². The molecule has 2 aliphatic heterocycles. The number of carbonyl (C=O) groups excluding carboxylic acids is 1. The van der Waals surface area contributed by atoms with Crippen molar-refractivity contribution in [1.29, 1.82) is 0 Å². The van der Waals surface area contributed by atoms with Crippen molar-refractivity contribution >= 4 is 5.78 Å². The van der Waals surface area contributed by atoms with Crippen LogP contribution in [0, 0.1) is 13.8 Å². The minimum absolute atomic E-state index is 0.126. The molecule has 0 radical (unpaired) electrons. The van der Waals surface area contributed by atoms with Gasteiger partial charge in [0.2, 0.25) is 6.79 Å². The summed E-state index contributed by atoms with van der Waals surface area (Å²) in [6, 6.07) is 9.63. The van der Waals surface area contributed by atoms with E-state index in [2.05, 4.69) is 0 Å². The number of hydrogen-bond acceptors (Lipinski definition) is 4. The Kier molecular flexibility index (Phi) is 2.86. The summed E-state index contributed by atoms with van der Waals surface area (Å²) in [6.07, 6.45) is 0.0620. The Hall–Kier alpha value is -2.49. The molecule has 4 rings (SSSR count). The molecule has 0 saturated heterocycles. The molecule has 0 spiro atoms. The Morgan fingerprint density at radius 3 is 2.68 bits per heavy atom. The number of ether oxygens (including phenoxy) is 3. The van der Waals surface area contributed by atoms with Gasteiger partial charge in [0.05, 0.1) is 12.0 Å². The number of fused-ring (bicyclic) bond motifs is 2. The van der Waals surface area contributed by atoms with Gasteiger partial charge >= 0.3 is 0 Å². The molecule has 1 unspecified atom stereocenters. The first kappa shape index (κ1) is 13.2. The van der Waals surface area contributed by atoms with E-state index < -0.39 is 0 Å². The molecule has 0 amide bonds. The van der Waals surface area contributed by atoms with Crippen molar-refractivity contribution in [3.63, 3.8) is 0 Å². The van der Waals surface area contributed by atoms with Gasteiger partial charge in [-0.25, -0.2) is 0 Å². The summed E-state index contributed by atoms with van der Waals surface area (Å²) in [7, 11) is 0. The highest BCUT2D eigenvalue weighted by Crippen LogP contribution is 2.40. The average molecular weight is 296 g/mol. The zero-order valence-corrected chi connectivity index (χ0v) is 12.5. The summed E-state index contributed by atoms with van der Waals surface area (Å²) in [6.45, 7) is 4.20. The van der Waals surface area contributed by atoms with Crippen molar-refractivity contribution in [1.82, 2.24) is 0 Å². The molecule has 2 aromatic carbocycles. The van der Waals surface area contributed by atoms with Crippen molar-refractivity contribution in [2.45, 2.75) is 26.4 Å². The third-order valence-corrected chi connectivity index (χ3v) is 4.13. The van der Waals surface area contributed by atoms with Crippen molar-refractivity contribution in [2.75, 3.05) is 6.79 Å². The van der Waals surface area contributed by atoms with Crippen LogP contribution >= 0.6 is 0 Å². The van der Waals surface area contributed by atoms with Gasteiger partial charge in [0, 0.05) is 0 Å². The van der Waals surface area contributed by atoms with E-state index in [1.165, 1.54) is 0 Å². The molecule has 0 aliphatic carbocycles. The molecular formula is C18H16O4. The first-order valence-corrected chi connectivity index (χ1v) is 7.32. The number of ketones is 1. The Morgan fingerprint density at radius 1 is 1.00 bits per heavy atom. The van der Waals surface area contributed by atoms with Crippen LogP contribution in [0.2, 0.25) is 0 Å². The van der Waals surface area contributed by atoms with Gasteiger partial charge < -0.3 is 14.2 Å². The number of hydrogen-bond donors (Lipinski definition) is 0. The maximum absolute atomic E-state index is 12.5. The van der Waals surface area contributed by atoms with Gasteiger partial charge in [-0.3, -0.25) is 4.79 Å². The van der Waals surface area contributed by atoms with Crippen LogP contribution in [0.1, 0.15) is 39.6 Å². The van der Waals surface area contributed by atoms with E-state index in [-0.39, 0.29) is 18.7 Å². The van der Waals surface area contributed by atoms with Crippen molar-refractivity contribution in [3.05, 3.63) is 52.6 Å². The molecule has 2 heterocycles. The summed E-state index contributed by atoms with van der Waals surface area (Å²) >= 11 is 0. The quantitative estimate of drug-likeness (QED) is 0.804. The number of carbonyl (C=O) groups is 1. The minimum atomic E-state index is -0.282. The molecule has 4 heteroatoms. The maximum Gasteiger partial charge on any atom is 0.231 e. The van der Waals surface area contributed by atoms with E-state index in [1.807, 2.05) is 44.2 Å². The molecule has 1 atom stereocenters. The third kappa shape index (κ3) is 2.03. The molecule has 0 aromatic heterocycles. The molecule has 0 saturated carbocycles. The maximum atomic E-state index is 12.5. The van der Waals surface area contributed by atoms with Gasteiger partial charge in [0.1, 0.15) is 11.9 Å². The predicted molar refractivity (Wildman–Crippen MR) is 80.8 cm³/mol. The first-order chi connectivity index (χ1) is 10.6.